The molecule has 0 heterocycles. The Kier molecular flexibility index (Phi) is 6.12. The van der Waals surface area contributed by atoms with Gasteiger partial charge in [-0.1, -0.05) is 67.8 Å². The predicted octanol–water partition coefficient (Wildman–Crippen LogP) is 6.25. The van der Waals surface area contributed by atoms with Crippen LogP contribution < -0.4 is 10.4 Å². The van der Waals surface area contributed by atoms with Crippen molar-refractivity contribution in [3.05, 3.63) is 104 Å². The van der Waals surface area contributed by atoms with Crippen LogP contribution >= 0.6 is 22.6 Å². The molecule has 134 valence electrons. The fourth-order valence-electron chi connectivity index (χ4n) is 3.18. The Morgan fingerprint density at radius 3 is 2.48 bits per heavy atom. The Balaban J connectivity index is 2.08. The molecule has 0 unspecified atom stereocenters. The molecule has 0 nitrogen and oxygen atoms in total. The first-order valence-electron chi connectivity index (χ1n) is 8.99. The highest BCUT2D eigenvalue weighted by Crippen LogP contribution is 2.23. The summed E-state index contributed by atoms with van der Waals surface area (Å²) in [5.41, 5.74) is 4.80. The molecule has 0 atom stereocenters. The summed E-state index contributed by atoms with van der Waals surface area (Å²) >= 11 is 2.36. The lowest BCUT2D eigenvalue weighted by molar-refractivity contribution is 1.36. The number of rotatable bonds is 4. The fourth-order valence-corrected chi connectivity index (χ4v) is 3.70. The van der Waals surface area contributed by atoms with Crippen LogP contribution in [-0.2, 0) is 0 Å². The molecule has 0 saturated heterocycles. The molecular formula is C26H23I. The van der Waals surface area contributed by atoms with Crippen molar-refractivity contribution in [2.75, 3.05) is 0 Å². The molecule has 3 aromatic rings. The molecule has 0 aliphatic heterocycles. The first-order chi connectivity index (χ1) is 13.0. The second-order valence-corrected chi connectivity index (χ2v) is 7.78. The third-order valence-electron chi connectivity index (χ3n) is 4.85. The lowest BCUT2D eigenvalue weighted by Gasteiger charge is -2.07. The zero-order valence-corrected chi connectivity index (χ0v) is 18.0. The lowest BCUT2D eigenvalue weighted by Crippen LogP contribution is -2.26. The summed E-state index contributed by atoms with van der Waals surface area (Å²) in [4.78, 5) is 0. The molecule has 0 aliphatic rings. The summed E-state index contributed by atoms with van der Waals surface area (Å²) in [6.45, 7) is 12.3. The van der Waals surface area contributed by atoms with Crippen molar-refractivity contribution in [1.82, 2.24) is 0 Å². The summed E-state index contributed by atoms with van der Waals surface area (Å²) in [6.07, 6.45) is 10.2. The summed E-state index contributed by atoms with van der Waals surface area (Å²) in [5.74, 6) is 0. The van der Waals surface area contributed by atoms with E-state index in [1.165, 1.54) is 36.6 Å². The second kappa shape index (κ2) is 8.53. The van der Waals surface area contributed by atoms with Gasteiger partial charge in [0.15, 0.2) is 0 Å². The third-order valence-corrected chi connectivity index (χ3v) is 5.52. The standard InChI is InChI=1S/C26H23I/c1-5-7-8-21-9-10-22(19(4)18(21)3)15-20(6-2)23-11-12-25-17-26(27)14-13-24(25)16-23/h5-17H,1,4H2,2-3H3/b8-7-,20-6+,22-15-. The molecule has 0 aliphatic carbocycles. The summed E-state index contributed by atoms with van der Waals surface area (Å²) < 4.78 is 1.26. The van der Waals surface area contributed by atoms with E-state index in [1.807, 2.05) is 6.08 Å². The first kappa shape index (κ1) is 19.4. The number of hydrogen-bond acceptors (Lipinski definition) is 0. The number of halogens is 1. The topological polar surface area (TPSA) is 0 Å². The minimum absolute atomic E-state index is 1.07. The van der Waals surface area contributed by atoms with Crippen LogP contribution in [0.3, 0.4) is 0 Å². The number of allylic oxidation sites excluding steroid dienone is 4. The Bertz CT molecular complexity index is 1180. The van der Waals surface area contributed by atoms with E-state index in [0.29, 0.717) is 0 Å². The maximum Gasteiger partial charge on any atom is 0.0136 e. The third kappa shape index (κ3) is 4.30. The van der Waals surface area contributed by atoms with Crippen LogP contribution in [0.1, 0.15) is 23.6 Å². The normalized spacial score (nSPS) is 12.9. The first-order valence-corrected chi connectivity index (χ1v) is 10.1. The van der Waals surface area contributed by atoms with Crippen molar-refractivity contribution < 1.29 is 0 Å². The molecule has 0 aromatic heterocycles. The van der Waals surface area contributed by atoms with E-state index in [1.54, 1.807) is 6.08 Å². The molecule has 1 heteroatoms. The van der Waals surface area contributed by atoms with Gasteiger partial charge in [0, 0.05) is 3.57 Å². The van der Waals surface area contributed by atoms with Gasteiger partial charge in [-0.3, -0.25) is 0 Å². The molecule has 3 rings (SSSR count). The summed E-state index contributed by atoms with van der Waals surface area (Å²) in [5, 5.41) is 4.75. The highest BCUT2D eigenvalue weighted by Gasteiger charge is 2.02. The van der Waals surface area contributed by atoms with E-state index >= 15 is 0 Å². The van der Waals surface area contributed by atoms with Crippen molar-refractivity contribution in [2.45, 2.75) is 13.8 Å². The van der Waals surface area contributed by atoms with Gasteiger partial charge >= 0.3 is 0 Å². The molecule has 0 bridgehead atoms. The van der Waals surface area contributed by atoms with E-state index in [-0.39, 0.29) is 0 Å². The molecule has 0 saturated carbocycles. The fraction of sp³-hybridized carbons (Fsp3) is 0.0769. The summed E-state index contributed by atoms with van der Waals surface area (Å²) in [6, 6.07) is 17.5. The van der Waals surface area contributed by atoms with Crippen LogP contribution in [0.4, 0.5) is 0 Å². The van der Waals surface area contributed by atoms with Crippen molar-refractivity contribution in [2.24, 2.45) is 0 Å². The van der Waals surface area contributed by atoms with Crippen LogP contribution in [0.25, 0.3) is 35.1 Å². The van der Waals surface area contributed by atoms with Crippen LogP contribution in [0.15, 0.2) is 73.3 Å². The van der Waals surface area contributed by atoms with E-state index in [2.05, 4.69) is 116 Å². The van der Waals surface area contributed by atoms with E-state index < -0.39 is 0 Å². The number of hydrogen-bond donors (Lipinski definition) is 0. The Labute approximate surface area is 175 Å². The highest BCUT2D eigenvalue weighted by atomic mass is 127. The Morgan fingerprint density at radius 1 is 1.00 bits per heavy atom. The van der Waals surface area contributed by atoms with Gasteiger partial charge in [-0.25, -0.2) is 0 Å². The molecule has 0 radical (unpaired) electrons. The average molecular weight is 462 g/mol. The van der Waals surface area contributed by atoms with Gasteiger partial charge in [0.2, 0.25) is 0 Å². The SMILES string of the molecule is C=C/C=C\c1cc/c(=C/C(=C\C)c2ccc3cc(I)ccc3c2)c(=C)c1C. The minimum atomic E-state index is 1.07. The van der Waals surface area contributed by atoms with E-state index in [9.17, 15) is 0 Å². The lowest BCUT2D eigenvalue weighted by atomic mass is 9.98. The van der Waals surface area contributed by atoms with Gasteiger partial charge in [0.05, 0.1) is 0 Å². The van der Waals surface area contributed by atoms with Crippen LogP contribution in [0, 0.1) is 10.5 Å². The molecule has 0 spiro atoms. The maximum absolute atomic E-state index is 4.31. The number of benzene rings is 3. The Hall–Kier alpha value is -2.39. The second-order valence-electron chi connectivity index (χ2n) is 6.54. The van der Waals surface area contributed by atoms with E-state index in [0.717, 1.165) is 10.4 Å². The van der Waals surface area contributed by atoms with Crippen molar-refractivity contribution in [3.8, 4) is 0 Å². The predicted molar refractivity (Wildman–Crippen MR) is 130 cm³/mol. The smallest absolute Gasteiger partial charge is 0.0136 e. The molecule has 0 amide bonds. The van der Waals surface area contributed by atoms with Crippen LogP contribution in [0.2, 0.25) is 0 Å². The zero-order valence-electron chi connectivity index (χ0n) is 15.8. The largest absolute Gasteiger partial charge is 0.0991 e. The van der Waals surface area contributed by atoms with Gasteiger partial charge in [-0.15, -0.1) is 0 Å². The molecule has 3 aromatic carbocycles. The average Bonchev–Trinajstić information content (AvgIpc) is 2.68. The van der Waals surface area contributed by atoms with Gasteiger partial charge in [-0.2, -0.15) is 0 Å². The summed E-state index contributed by atoms with van der Waals surface area (Å²) in [7, 11) is 0. The van der Waals surface area contributed by atoms with Gasteiger partial charge in [-0.05, 0) is 104 Å². The quantitative estimate of drug-likeness (QED) is 0.318. The Morgan fingerprint density at radius 2 is 1.74 bits per heavy atom. The number of fused-ring (bicyclic) bond motifs is 1. The zero-order chi connectivity index (χ0) is 19.4. The molecule has 0 N–H and O–H groups in total. The molecule has 0 fully saturated rings. The highest BCUT2D eigenvalue weighted by molar-refractivity contribution is 14.1. The monoisotopic (exact) mass is 462 g/mol. The van der Waals surface area contributed by atoms with Crippen molar-refractivity contribution in [1.29, 1.82) is 0 Å². The van der Waals surface area contributed by atoms with Crippen molar-refractivity contribution >= 4 is 57.7 Å². The van der Waals surface area contributed by atoms with Crippen LogP contribution in [-0.4, -0.2) is 0 Å². The van der Waals surface area contributed by atoms with Gasteiger partial charge < -0.3 is 0 Å². The molecule has 27 heavy (non-hydrogen) atoms. The van der Waals surface area contributed by atoms with E-state index in [4.69, 9.17) is 0 Å². The minimum Gasteiger partial charge on any atom is -0.0991 e. The van der Waals surface area contributed by atoms with Gasteiger partial charge in [0.1, 0.15) is 0 Å². The van der Waals surface area contributed by atoms with Gasteiger partial charge in [0.25, 0.3) is 0 Å². The molecular weight excluding hydrogens is 439 g/mol. The van der Waals surface area contributed by atoms with Crippen LogP contribution in [0.5, 0.6) is 0 Å². The maximum atomic E-state index is 4.31. The van der Waals surface area contributed by atoms with Crippen molar-refractivity contribution in [3.63, 3.8) is 0 Å².